The lowest BCUT2D eigenvalue weighted by Crippen LogP contribution is -2.28. The zero-order valence-electron chi connectivity index (χ0n) is 17.9. The van der Waals surface area contributed by atoms with Crippen LogP contribution >= 0.6 is 23.1 Å². The second-order valence-electron chi connectivity index (χ2n) is 7.04. The van der Waals surface area contributed by atoms with Gasteiger partial charge >= 0.3 is 0 Å². The molecule has 0 fully saturated rings. The highest BCUT2D eigenvalue weighted by molar-refractivity contribution is 8.03. The van der Waals surface area contributed by atoms with Crippen LogP contribution < -0.4 is 9.47 Å². The molecule has 0 unspecified atom stereocenters. The summed E-state index contributed by atoms with van der Waals surface area (Å²) in [6.07, 6.45) is 6.57. The first-order valence-corrected chi connectivity index (χ1v) is 12.4. The van der Waals surface area contributed by atoms with Crippen LogP contribution in [0, 0.1) is 13.8 Å². The van der Waals surface area contributed by atoms with Crippen molar-refractivity contribution < 1.29 is 21.7 Å². The average Bonchev–Trinajstić information content (AvgIpc) is 3.19. The van der Waals surface area contributed by atoms with E-state index in [4.69, 9.17) is 0 Å². The topological polar surface area (TPSA) is 73.5 Å². The summed E-state index contributed by atoms with van der Waals surface area (Å²) in [7, 11) is 0.674. The maximum atomic E-state index is 9.22. The Balaban J connectivity index is 0.000000401. The molecule has 6 nitrogen and oxygen atoms in total. The van der Waals surface area contributed by atoms with E-state index in [0.717, 1.165) is 7.11 Å². The highest BCUT2D eigenvalue weighted by Crippen LogP contribution is 2.45. The number of anilines is 1. The number of fused-ring (bicyclic) bond motifs is 2. The van der Waals surface area contributed by atoms with E-state index in [-0.39, 0.29) is 0 Å². The first-order valence-electron chi connectivity index (χ1n) is 9.40. The van der Waals surface area contributed by atoms with Gasteiger partial charge in [0.1, 0.15) is 11.7 Å². The lowest BCUT2D eigenvalue weighted by Gasteiger charge is -2.13. The molecule has 2 aromatic carbocycles. The van der Waals surface area contributed by atoms with Gasteiger partial charge in [0.15, 0.2) is 0 Å². The van der Waals surface area contributed by atoms with Crippen LogP contribution in [-0.4, -0.2) is 27.1 Å². The molecule has 0 bridgehead atoms. The molecule has 0 saturated heterocycles. The predicted octanol–water partition coefficient (Wildman–Crippen LogP) is 4.53. The minimum atomic E-state index is -4.41. The van der Waals surface area contributed by atoms with Gasteiger partial charge in [-0.15, -0.1) is 0 Å². The highest BCUT2D eigenvalue weighted by atomic mass is 32.3. The Labute approximate surface area is 191 Å². The Morgan fingerprint density at radius 3 is 2.45 bits per heavy atom. The van der Waals surface area contributed by atoms with Crippen LogP contribution in [0.15, 0.2) is 58.5 Å². The molecule has 1 aliphatic heterocycles. The van der Waals surface area contributed by atoms with Crippen LogP contribution in [0.2, 0.25) is 0 Å². The molecular weight excluding hydrogens is 452 g/mol. The van der Waals surface area contributed by atoms with Gasteiger partial charge in [0.25, 0.3) is 5.01 Å². The van der Waals surface area contributed by atoms with E-state index < -0.39 is 10.4 Å². The summed E-state index contributed by atoms with van der Waals surface area (Å²) in [4.78, 5) is 3.60. The number of rotatable bonds is 3. The SMILES string of the molecule is COS(=O)(=O)[O-].Cc1ccc2c(c1)N(C)/C(=C/C=C/c1sc3ccc(C)cc3[n+]1C)S2. The summed E-state index contributed by atoms with van der Waals surface area (Å²) < 4.78 is 34.6. The van der Waals surface area contributed by atoms with Crippen molar-refractivity contribution in [1.82, 2.24) is 0 Å². The molecule has 31 heavy (non-hydrogen) atoms. The van der Waals surface area contributed by atoms with Gasteiger partial charge in [-0.25, -0.2) is 8.42 Å². The zero-order valence-corrected chi connectivity index (χ0v) is 20.4. The Hall–Kier alpha value is -2.17. The quantitative estimate of drug-likeness (QED) is 0.314. The summed E-state index contributed by atoms with van der Waals surface area (Å²) in [5, 5.41) is 2.52. The van der Waals surface area contributed by atoms with Gasteiger partial charge in [0.05, 0.1) is 17.8 Å². The van der Waals surface area contributed by atoms with Crippen molar-refractivity contribution in [2.24, 2.45) is 7.05 Å². The summed E-state index contributed by atoms with van der Waals surface area (Å²) in [5.41, 5.74) is 5.20. The molecule has 1 aliphatic rings. The number of aryl methyl sites for hydroxylation is 3. The Morgan fingerprint density at radius 2 is 1.77 bits per heavy atom. The van der Waals surface area contributed by atoms with E-state index in [1.54, 1.807) is 0 Å². The van der Waals surface area contributed by atoms with E-state index in [9.17, 15) is 13.0 Å². The third-order valence-electron chi connectivity index (χ3n) is 4.72. The van der Waals surface area contributed by atoms with Crippen molar-refractivity contribution in [3.05, 3.63) is 69.7 Å². The first-order chi connectivity index (χ1) is 14.6. The molecular formula is C22H24N2O4S3. The second kappa shape index (κ2) is 9.54. The number of aromatic nitrogens is 1. The molecule has 0 amide bonds. The Kier molecular flexibility index (Phi) is 7.23. The molecule has 0 atom stereocenters. The normalized spacial score (nSPS) is 14.9. The number of benzene rings is 2. The van der Waals surface area contributed by atoms with Crippen LogP contribution in [0.1, 0.15) is 16.1 Å². The fraction of sp³-hybridized carbons (Fsp3) is 0.227. The molecule has 4 rings (SSSR count). The lowest BCUT2D eigenvalue weighted by atomic mass is 10.2. The van der Waals surface area contributed by atoms with E-state index in [0.29, 0.717) is 0 Å². The van der Waals surface area contributed by atoms with Crippen molar-refractivity contribution in [3.8, 4) is 0 Å². The monoisotopic (exact) mass is 476 g/mol. The fourth-order valence-corrected chi connectivity index (χ4v) is 5.14. The van der Waals surface area contributed by atoms with Gasteiger partial charge in [-0.05, 0) is 49.2 Å². The molecule has 3 aromatic rings. The van der Waals surface area contributed by atoms with Crippen molar-refractivity contribution in [3.63, 3.8) is 0 Å². The molecule has 0 spiro atoms. The fourth-order valence-electron chi connectivity index (χ4n) is 3.06. The van der Waals surface area contributed by atoms with Gasteiger partial charge in [0.2, 0.25) is 15.9 Å². The third-order valence-corrected chi connectivity index (χ3v) is 7.50. The Morgan fingerprint density at radius 1 is 1.13 bits per heavy atom. The minimum Gasteiger partial charge on any atom is -0.726 e. The maximum Gasteiger partial charge on any atom is 0.262 e. The molecule has 0 aliphatic carbocycles. The molecule has 0 radical (unpaired) electrons. The molecule has 1 aromatic heterocycles. The summed E-state index contributed by atoms with van der Waals surface area (Å²) in [6, 6.07) is 13.3. The van der Waals surface area contributed by atoms with E-state index in [1.165, 1.54) is 42.0 Å². The van der Waals surface area contributed by atoms with Crippen LogP contribution in [0.3, 0.4) is 0 Å². The summed E-state index contributed by atoms with van der Waals surface area (Å²) in [5.74, 6) is 0. The predicted molar refractivity (Wildman–Crippen MR) is 127 cm³/mol. The third kappa shape index (κ3) is 5.75. The van der Waals surface area contributed by atoms with Crippen molar-refractivity contribution >= 4 is 55.5 Å². The lowest BCUT2D eigenvalue weighted by molar-refractivity contribution is -0.642. The number of hydrogen-bond acceptors (Lipinski definition) is 7. The largest absolute Gasteiger partial charge is 0.726 e. The Bertz CT molecular complexity index is 1280. The van der Waals surface area contributed by atoms with Crippen LogP contribution in [-0.2, 0) is 21.6 Å². The molecule has 9 heteroatoms. The standard InChI is InChI=1S/C21H21N2S2.CH4O4S/c1-14-8-10-18-16(12-14)22(3)20(24-18)6-5-7-21-23(4)17-13-15(2)9-11-19(17)25-21;1-5-6(2,3)4/h5-13H,1-4H3;1H3,(H,2,3,4)/q+1;/p-1. The number of thiazole rings is 1. The van der Waals surface area contributed by atoms with Gasteiger partial charge in [-0.1, -0.05) is 41.3 Å². The summed E-state index contributed by atoms with van der Waals surface area (Å²) in [6.45, 7) is 4.28. The van der Waals surface area contributed by atoms with Crippen molar-refractivity contribution in [2.45, 2.75) is 18.7 Å². The van der Waals surface area contributed by atoms with Crippen molar-refractivity contribution in [1.29, 1.82) is 0 Å². The van der Waals surface area contributed by atoms with Gasteiger partial charge in [-0.2, -0.15) is 4.57 Å². The van der Waals surface area contributed by atoms with E-state index in [1.807, 2.05) is 23.1 Å². The van der Waals surface area contributed by atoms with Crippen LogP contribution in [0.4, 0.5) is 5.69 Å². The molecule has 0 N–H and O–H groups in total. The molecule has 164 valence electrons. The second-order valence-corrected chi connectivity index (χ2v) is 10.3. The number of nitrogens with zero attached hydrogens (tertiary/aromatic N) is 2. The molecule has 0 saturated carbocycles. The average molecular weight is 477 g/mol. The smallest absolute Gasteiger partial charge is 0.262 e. The highest BCUT2D eigenvalue weighted by Gasteiger charge is 2.21. The number of hydrogen-bond donors (Lipinski definition) is 0. The first kappa shape index (κ1) is 23.5. The maximum absolute atomic E-state index is 9.22. The summed E-state index contributed by atoms with van der Waals surface area (Å²) >= 11 is 3.66. The van der Waals surface area contributed by atoms with E-state index >= 15 is 0 Å². The van der Waals surface area contributed by atoms with Gasteiger partial charge in [0, 0.05) is 24.1 Å². The minimum absolute atomic E-state index is 0.808. The zero-order chi connectivity index (χ0) is 22.8. The number of allylic oxidation sites excluding steroid dienone is 2. The van der Waals surface area contributed by atoms with Crippen LogP contribution in [0.25, 0.3) is 16.3 Å². The van der Waals surface area contributed by atoms with Gasteiger partial charge in [-0.3, -0.25) is 4.18 Å². The van der Waals surface area contributed by atoms with Crippen molar-refractivity contribution in [2.75, 3.05) is 19.1 Å². The number of thioether (sulfide) groups is 1. The van der Waals surface area contributed by atoms with Gasteiger partial charge < -0.3 is 9.45 Å². The molecule has 2 heterocycles. The van der Waals surface area contributed by atoms with E-state index in [2.05, 4.69) is 96.2 Å². The van der Waals surface area contributed by atoms with Crippen LogP contribution in [0.5, 0.6) is 0 Å².